The first-order chi connectivity index (χ1) is 13.2. The third-order valence-corrected chi connectivity index (χ3v) is 3.36. The first-order valence-electron chi connectivity index (χ1n) is 8.43. The molecule has 1 rings (SSSR count). The van der Waals surface area contributed by atoms with E-state index in [4.69, 9.17) is 14.3 Å². The smallest absolute Gasteiger partial charge is 0.413 e. The first kappa shape index (κ1) is 24.1. The topological polar surface area (TPSA) is 125 Å². The Morgan fingerprint density at radius 2 is 1.66 bits per heavy atom. The molecule has 0 bridgehead atoms. The molecule has 0 radical (unpaired) electrons. The van der Waals surface area contributed by atoms with Crippen LogP contribution < -0.4 is 5.32 Å². The number of aromatic nitrogens is 1. The fourth-order valence-electron chi connectivity index (χ4n) is 1.59. The number of amides is 1. The van der Waals surface area contributed by atoms with Gasteiger partial charge in [-0.15, -0.1) is 11.3 Å². The molecule has 0 saturated carbocycles. The SMILES string of the molecule is C=C(O/N=C(/C(=O)OC)c1csc(NC(=O)OC(C)(C)C)n1)C(=O)OC(C)(C)C. The van der Waals surface area contributed by atoms with E-state index in [2.05, 4.69) is 26.8 Å². The van der Waals surface area contributed by atoms with Crippen LogP contribution in [0.1, 0.15) is 47.2 Å². The van der Waals surface area contributed by atoms with E-state index in [1.807, 2.05) is 0 Å². The summed E-state index contributed by atoms with van der Waals surface area (Å²) in [6.45, 7) is 13.6. The summed E-state index contributed by atoms with van der Waals surface area (Å²) in [6, 6.07) is 0. The summed E-state index contributed by atoms with van der Waals surface area (Å²) >= 11 is 1.03. The van der Waals surface area contributed by atoms with Crippen LogP contribution in [0.25, 0.3) is 0 Å². The average Bonchev–Trinajstić information content (AvgIpc) is 2.98. The Labute approximate surface area is 172 Å². The fourth-order valence-corrected chi connectivity index (χ4v) is 2.27. The molecule has 1 aromatic heterocycles. The lowest BCUT2D eigenvalue weighted by atomic mass is 10.2. The van der Waals surface area contributed by atoms with Crippen molar-refractivity contribution in [1.82, 2.24) is 4.98 Å². The molecule has 1 aromatic rings. The summed E-state index contributed by atoms with van der Waals surface area (Å²) in [5.41, 5.74) is -1.70. The van der Waals surface area contributed by atoms with E-state index in [1.165, 1.54) is 5.38 Å². The number of hydrogen-bond acceptors (Lipinski definition) is 10. The normalized spacial score (nSPS) is 12.0. The molecule has 1 amide bonds. The molecule has 0 atom stereocenters. The van der Waals surface area contributed by atoms with Crippen molar-refractivity contribution in [3.63, 3.8) is 0 Å². The second kappa shape index (κ2) is 9.50. The number of methoxy groups -OCH3 is 1. The van der Waals surface area contributed by atoms with Gasteiger partial charge in [0.2, 0.25) is 11.5 Å². The number of hydrogen-bond donors (Lipinski definition) is 1. The number of thiazole rings is 1. The Kier molecular flexibility index (Phi) is 7.89. The van der Waals surface area contributed by atoms with Gasteiger partial charge in [-0.2, -0.15) is 0 Å². The van der Waals surface area contributed by atoms with Crippen LogP contribution in [0.2, 0.25) is 0 Å². The summed E-state index contributed by atoms with van der Waals surface area (Å²) in [7, 11) is 1.15. The highest BCUT2D eigenvalue weighted by atomic mass is 32.1. The summed E-state index contributed by atoms with van der Waals surface area (Å²) in [4.78, 5) is 44.7. The molecular formula is C18H25N3O7S. The van der Waals surface area contributed by atoms with Gasteiger partial charge < -0.3 is 19.0 Å². The van der Waals surface area contributed by atoms with Crippen LogP contribution in [0.15, 0.2) is 22.9 Å². The third-order valence-electron chi connectivity index (χ3n) is 2.61. The Morgan fingerprint density at radius 1 is 1.07 bits per heavy atom. The standard InChI is InChI=1S/C18H25N3O7S/c1-10(13(22)26-17(2,3)4)28-21-12(14(23)25-8)11-9-29-15(19-11)20-16(24)27-18(5,6)7/h9H,1H2,2-8H3,(H,19,20,24)/b21-12+. The first-order valence-corrected chi connectivity index (χ1v) is 9.31. The van der Waals surface area contributed by atoms with Crippen LogP contribution in [0.4, 0.5) is 9.93 Å². The van der Waals surface area contributed by atoms with E-state index in [0.29, 0.717) is 0 Å². The van der Waals surface area contributed by atoms with Crippen LogP contribution >= 0.6 is 11.3 Å². The zero-order chi connectivity index (χ0) is 22.4. The number of carbonyl (C=O) groups excluding carboxylic acids is 3. The average molecular weight is 427 g/mol. The monoisotopic (exact) mass is 427 g/mol. The number of nitrogens with one attached hydrogen (secondary N) is 1. The molecule has 160 valence electrons. The predicted octanol–water partition coefficient (Wildman–Crippen LogP) is 3.24. The van der Waals surface area contributed by atoms with Crippen LogP contribution in [0.5, 0.6) is 0 Å². The molecule has 0 aliphatic carbocycles. The van der Waals surface area contributed by atoms with Crippen molar-refractivity contribution >= 4 is 40.2 Å². The van der Waals surface area contributed by atoms with Crippen molar-refractivity contribution < 1.29 is 33.4 Å². The molecule has 0 aromatic carbocycles. The molecule has 11 heteroatoms. The van der Waals surface area contributed by atoms with Gasteiger partial charge in [-0.25, -0.2) is 19.4 Å². The third kappa shape index (κ3) is 8.73. The van der Waals surface area contributed by atoms with Crippen molar-refractivity contribution in [3.05, 3.63) is 23.4 Å². The van der Waals surface area contributed by atoms with Gasteiger partial charge in [-0.3, -0.25) is 5.32 Å². The van der Waals surface area contributed by atoms with E-state index < -0.39 is 35.0 Å². The zero-order valence-corrected chi connectivity index (χ0v) is 18.3. The summed E-state index contributed by atoms with van der Waals surface area (Å²) < 4.78 is 14.9. The van der Waals surface area contributed by atoms with E-state index in [0.717, 1.165) is 18.4 Å². The van der Waals surface area contributed by atoms with Crippen LogP contribution in [0, 0.1) is 0 Å². The molecule has 10 nitrogen and oxygen atoms in total. The Morgan fingerprint density at radius 3 is 2.17 bits per heavy atom. The highest BCUT2D eigenvalue weighted by Gasteiger charge is 2.24. The van der Waals surface area contributed by atoms with Crippen LogP contribution in [-0.2, 0) is 28.6 Å². The molecule has 0 fully saturated rings. The molecule has 0 saturated heterocycles. The second-order valence-corrected chi connectivity index (χ2v) is 8.47. The van der Waals surface area contributed by atoms with Crippen molar-refractivity contribution in [3.8, 4) is 0 Å². The number of carbonyl (C=O) groups is 3. The van der Waals surface area contributed by atoms with Gasteiger partial charge in [0.05, 0.1) is 7.11 Å². The lowest BCUT2D eigenvalue weighted by Crippen LogP contribution is -2.27. The van der Waals surface area contributed by atoms with Crippen LogP contribution in [-0.4, -0.2) is 47.0 Å². The van der Waals surface area contributed by atoms with Crippen molar-refractivity contribution in [2.75, 3.05) is 12.4 Å². The van der Waals surface area contributed by atoms with Gasteiger partial charge in [0.1, 0.15) is 16.9 Å². The number of rotatable bonds is 6. The van der Waals surface area contributed by atoms with Gasteiger partial charge in [0.25, 0.3) is 0 Å². The molecule has 0 aliphatic heterocycles. The van der Waals surface area contributed by atoms with Gasteiger partial charge in [-0.05, 0) is 48.1 Å². The minimum Gasteiger partial charge on any atom is -0.464 e. The van der Waals surface area contributed by atoms with E-state index >= 15 is 0 Å². The minimum absolute atomic E-state index is 0.0601. The Hall–Kier alpha value is -2.95. The Bertz CT molecular complexity index is 816. The molecule has 1 heterocycles. The van der Waals surface area contributed by atoms with Gasteiger partial charge in [0.15, 0.2) is 5.13 Å². The number of oxime groups is 1. The summed E-state index contributed by atoms with van der Waals surface area (Å²) in [5, 5.41) is 7.67. The van der Waals surface area contributed by atoms with Crippen molar-refractivity contribution in [2.45, 2.75) is 52.7 Å². The minimum atomic E-state index is -0.865. The quantitative estimate of drug-likeness (QED) is 0.183. The van der Waals surface area contributed by atoms with E-state index in [-0.39, 0.29) is 16.5 Å². The summed E-state index contributed by atoms with van der Waals surface area (Å²) in [6.07, 6.45) is -0.704. The van der Waals surface area contributed by atoms with Gasteiger partial charge in [0, 0.05) is 5.38 Å². The Balaban J connectivity index is 2.94. The molecule has 0 spiro atoms. The molecule has 0 aliphatic rings. The maximum Gasteiger partial charge on any atom is 0.413 e. The number of nitrogens with zero attached hydrogens (tertiary/aromatic N) is 2. The van der Waals surface area contributed by atoms with Gasteiger partial charge in [-0.1, -0.05) is 5.16 Å². The molecule has 29 heavy (non-hydrogen) atoms. The highest BCUT2D eigenvalue weighted by molar-refractivity contribution is 7.14. The summed E-state index contributed by atoms with van der Waals surface area (Å²) in [5.74, 6) is -2.13. The lowest BCUT2D eigenvalue weighted by molar-refractivity contribution is -0.154. The van der Waals surface area contributed by atoms with Gasteiger partial charge >= 0.3 is 18.0 Å². The van der Waals surface area contributed by atoms with E-state index in [9.17, 15) is 14.4 Å². The predicted molar refractivity (Wildman–Crippen MR) is 107 cm³/mol. The van der Waals surface area contributed by atoms with Crippen molar-refractivity contribution in [2.24, 2.45) is 5.16 Å². The lowest BCUT2D eigenvalue weighted by Gasteiger charge is -2.19. The highest BCUT2D eigenvalue weighted by Crippen LogP contribution is 2.19. The molecule has 1 N–H and O–H groups in total. The maximum absolute atomic E-state index is 12.0. The fraction of sp³-hybridized carbons (Fsp3) is 0.500. The van der Waals surface area contributed by atoms with E-state index in [1.54, 1.807) is 41.5 Å². The molecular weight excluding hydrogens is 402 g/mol. The van der Waals surface area contributed by atoms with Crippen molar-refractivity contribution in [1.29, 1.82) is 0 Å². The number of ether oxygens (including phenoxy) is 3. The zero-order valence-electron chi connectivity index (χ0n) is 17.4. The largest absolute Gasteiger partial charge is 0.464 e. The maximum atomic E-state index is 12.0. The molecule has 0 unspecified atom stereocenters. The van der Waals surface area contributed by atoms with Crippen LogP contribution in [0.3, 0.4) is 0 Å². The second-order valence-electron chi connectivity index (χ2n) is 7.61. The number of anilines is 1. The number of esters is 2.